The minimum absolute atomic E-state index is 0.220. The predicted molar refractivity (Wildman–Crippen MR) is 75.1 cm³/mol. The quantitative estimate of drug-likeness (QED) is 0.748. The zero-order valence-electron chi connectivity index (χ0n) is 11.8. The maximum atomic E-state index is 11.6. The van der Waals surface area contributed by atoms with Crippen LogP contribution in [0.1, 0.15) is 32.6 Å². The zero-order valence-corrected chi connectivity index (χ0v) is 12.6. The highest BCUT2D eigenvalue weighted by Gasteiger charge is 2.28. The van der Waals surface area contributed by atoms with Crippen LogP contribution in [-0.2, 0) is 19.1 Å². The molecule has 0 aromatic heterocycles. The molecule has 1 rings (SSSR count). The van der Waals surface area contributed by atoms with E-state index < -0.39 is 12.0 Å². The first-order valence-electron chi connectivity index (χ1n) is 6.57. The molecule has 1 N–H and O–H groups in total. The average Bonchev–Trinajstić information content (AvgIpc) is 2.42. The van der Waals surface area contributed by atoms with Crippen molar-refractivity contribution in [2.24, 2.45) is 0 Å². The summed E-state index contributed by atoms with van der Waals surface area (Å²) < 4.78 is 10.2. The summed E-state index contributed by atoms with van der Waals surface area (Å²) >= 11 is 1.68. The normalized spacial score (nSPS) is 24.6. The summed E-state index contributed by atoms with van der Waals surface area (Å²) in [5, 5.41) is 3.02. The van der Waals surface area contributed by atoms with Gasteiger partial charge in [0, 0.05) is 25.0 Å². The van der Waals surface area contributed by atoms with E-state index in [1.807, 2.05) is 0 Å². The summed E-state index contributed by atoms with van der Waals surface area (Å²) in [5.74, 6) is -0.0908. The lowest BCUT2D eigenvalue weighted by Gasteiger charge is -2.30. The number of rotatable bonds is 6. The molecule has 3 atom stereocenters. The largest absolute Gasteiger partial charge is 0.467 e. The van der Waals surface area contributed by atoms with Gasteiger partial charge in [0.05, 0.1) is 13.2 Å². The average molecular weight is 289 g/mol. The predicted octanol–water partition coefficient (Wildman–Crippen LogP) is 1.35. The van der Waals surface area contributed by atoms with E-state index in [1.165, 1.54) is 26.9 Å². The number of methoxy groups -OCH3 is 2. The van der Waals surface area contributed by atoms with E-state index in [0.29, 0.717) is 11.0 Å². The first-order valence-corrected chi connectivity index (χ1v) is 7.62. The highest BCUT2D eigenvalue weighted by atomic mass is 32.2. The van der Waals surface area contributed by atoms with Gasteiger partial charge >= 0.3 is 5.97 Å². The van der Waals surface area contributed by atoms with Gasteiger partial charge in [-0.3, -0.25) is 4.79 Å². The lowest BCUT2D eigenvalue weighted by Crippen LogP contribution is -2.43. The summed E-state index contributed by atoms with van der Waals surface area (Å²) in [7, 11) is 3.07. The van der Waals surface area contributed by atoms with Crippen LogP contribution in [0.5, 0.6) is 0 Å². The molecule has 1 fully saturated rings. The lowest BCUT2D eigenvalue weighted by atomic mass is 9.97. The van der Waals surface area contributed by atoms with Crippen LogP contribution in [0.25, 0.3) is 0 Å². The standard InChI is InChI=1S/C13H23NO4S/c1-9(15)14-10(13(16)18-3)8-19-12-7-5-4-6-11(12)17-2/h10-12H,4-8H2,1-3H3,(H,14,15)/t10-,11?,12?/m0/s1. The SMILES string of the molecule is COC(=O)[C@H](CSC1CCCCC1OC)NC(C)=O. The summed E-state index contributed by atoms with van der Waals surface area (Å²) in [5.41, 5.74) is 0. The van der Waals surface area contributed by atoms with Gasteiger partial charge in [0.15, 0.2) is 0 Å². The first-order chi connectivity index (χ1) is 9.08. The molecule has 1 aliphatic rings. The molecule has 1 amide bonds. The van der Waals surface area contributed by atoms with Gasteiger partial charge in [0.25, 0.3) is 0 Å². The number of amides is 1. The highest BCUT2D eigenvalue weighted by molar-refractivity contribution is 8.00. The summed E-state index contributed by atoms with van der Waals surface area (Å²) in [6, 6.07) is -0.577. The third-order valence-corrected chi connectivity index (χ3v) is 4.78. The number of hydrogen-bond donors (Lipinski definition) is 1. The fourth-order valence-corrected chi connectivity index (χ4v) is 3.75. The second-order valence-corrected chi connectivity index (χ2v) is 5.98. The van der Waals surface area contributed by atoms with Gasteiger partial charge in [-0.15, -0.1) is 0 Å². The van der Waals surface area contributed by atoms with Crippen LogP contribution < -0.4 is 5.32 Å². The number of hydrogen-bond acceptors (Lipinski definition) is 5. The summed E-state index contributed by atoms with van der Waals surface area (Å²) in [4.78, 5) is 22.7. The van der Waals surface area contributed by atoms with Crippen molar-refractivity contribution in [1.29, 1.82) is 0 Å². The second kappa shape index (κ2) is 8.43. The molecule has 0 heterocycles. The highest BCUT2D eigenvalue weighted by Crippen LogP contribution is 2.30. The van der Waals surface area contributed by atoms with Gasteiger partial charge in [-0.2, -0.15) is 11.8 Å². The third-order valence-electron chi connectivity index (χ3n) is 3.28. The fourth-order valence-electron chi connectivity index (χ4n) is 2.30. The minimum atomic E-state index is -0.577. The van der Waals surface area contributed by atoms with Crippen LogP contribution in [-0.4, -0.2) is 49.2 Å². The Morgan fingerprint density at radius 1 is 1.32 bits per heavy atom. The molecule has 19 heavy (non-hydrogen) atoms. The molecule has 0 aromatic carbocycles. The van der Waals surface area contributed by atoms with Crippen LogP contribution in [0.3, 0.4) is 0 Å². The molecule has 6 heteroatoms. The van der Waals surface area contributed by atoms with Crippen LogP contribution >= 0.6 is 11.8 Å². The number of carbonyl (C=O) groups excluding carboxylic acids is 2. The number of ether oxygens (including phenoxy) is 2. The van der Waals surface area contributed by atoms with E-state index in [0.717, 1.165) is 12.8 Å². The molecule has 0 radical (unpaired) electrons. The van der Waals surface area contributed by atoms with Crippen molar-refractivity contribution in [3.63, 3.8) is 0 Å². The Labute approximate surface area is 118 Å². The van der Waals surface area contributed by atoms with E-state index in [2.05, 4.69) is 5.32 Å². The van der Waals surface area contributed by atoms with Crippen molar-refractivity contribution in [3.8, 4) is 0 Å². The van der Waals surface area contributed by atoms with Gasteiger partial charge in [0.1, 0.15) is 6.04 Å². The van der Waals surface area contributed by atoms with Gasteiger partial charge < -0.3 is 14.8 Å². The van der Waals surface area contributed by atoms with Crippen LogP contribution in [0.2, 0.25) is 0 Å². The van der Waals surface area contributed by atoms with Crippen molar-refractivity contribution in [2.45, 2.75) is 50.0 Å². The van der Waals surface area contributed by atoms with Crippen LogP contribution in [0.15, 0.2) is 0 Å². The Kier molecular flexibility index (Phi) is 7.23. The molecule has 0 aromatic rings. The molecule has 5 nitrogen and oxygen atoms in total. The maximum Gasteiger partial charge on any atom is 0.329 e. The Bertz CT molecular complexity index is 311. The Balaban J connectivity index is 2.49. The molecule has 0 bridgehead atoms. The van der Waals surface area contributed by atoms with Crippen LogP contribution in [0, 0.1) is 0 Å². The van der Waals surface area contributed by atoms with E-state index in [-0.39, 0.29) is 12.0 Å². The van der Waals surface area contributed by atoms with Gasteiger partial charge in [-0.1, -0.05) is 12.8 Å². The van der Waals surface area contributed by atoms with Crippen molar-refractivity contribution >= 4 is 23.6 Å². The number of nitrogens with one attached hydrogen (secondary N) is 1. The molecule has 1 aliphatic carbocycles. The molecular weight excluding hydrogens is 266 g/mol. The Hall–Kier alpha value is -0.750. The smallest absolute Gasteiger partial charge is 0.329 e. The molecule has 0 spiro atoms. The van der Waals surface area contributed by atoms with Gasteiger partial charge in [-0.25, -0.2) is 4.79 Å². The lowest BCUT2D eigenvalue weighted by molar-refractivity contribution is -0.144. The van der Waals surface area contributed by atoms with Gasteiger partial charge in [-0.05, 0) is 12.8 Å². The number of esters is 1. The van der Waals surface area contributed by atoms with Crippen molar-refractivity contribution < 1.29 is 19.1 Å². The molecule has 0 aliphatic heterocycles. The van der Waals surface area contributed by atoms with Gasteiger partial charge in [0.2, 0.25) is 5.91 Å². The Morgan fingerprint density at radius 2 is 2.00 bits per heavy atom. The van der Waals surface area contributed by atoms with Crippen LogP contribution in [0.4, 0.5) is 0 Å². The second-order valence-electron chi connectivity index (χ2n) is 4.71. The molecular formula is C13H23NO4S. The molecule has 2 unspecified atom stereocenters. The monoisotopic (exact) mass is 289 g/mol. The van der Waals surface area contributed by atoms with Crippen molar-refractivity contribution in [3.05, 3.63) is 0 Å². The zero-order chi connectivity index (χ0) is 14.3. The topological polar surface area (TPSA) is 64.6 Å². The van der Waals surface area contributed by atoms with E-state index >= 15 is 0 Å². The van der Waals surface area contributed by atoms with Crippen molar-refractivity contribution in [1.82, 2.24) is 5.32 Å². The van der Waals surface area contributed by atoms with E-state index in [9.17, 15) is 9.59 Å². The first kappa shape index (κ1) is 16.3. The maximum absolute atomic E-state index is 11.6. The van der Waals surface area contributed by atoms with Crippen molar-refractivity contribution in [2.75, 3.05) is 20.0 Å². The molecule has 110 valence electrons. The van der Waals surface area contributed by atoms with E-state index in [1.54, 1.807) is 18.9 Å². The molecule has 0 saturated heterocycles. The molecule has 1 saturated carbocycles. The number of carbonyl (C=O) groups is 2. The summed E-state index contributed by atoms with van der Waals surface area (Å²) in [6.45, 7) is 1.40. The fraction of sp³-hybridized carbons (Fsp3) is 0.846. The summed E-state index contributed by atoms with van der Waals surface area (Å²) in [6.07, 6.45) is 4.80. The number of thioether (sulfide) groups is 1. The van der Waals surface area contributed by atoms with E-state index in [4.69, 9.17) is 9.47 Å². The Morgan fingerprint density at radius 3 is 2.58 bits per heavy atom. The third kappa shape index (κ3) is 5.40. The minimum Gasteiger partial charge on any atom is -0.467 e.